The summed E-state index contributed by atoms with van der Waals surface area (Å²) in [5.41, 5.74) is 2.00. The van der Waals surface area contributed by atoms with E-state index in [4.69, 9.17) is 4.74 Å². The maximum absolute atomic E-state index is 11.5. The van der Waals surface area contributed by atoms with E-state index in [0.29, 0.717) is 31.1 Å². The zero-order valence-corrected chi connectivity index (χ0v) is 14.7. The van der Waals surface area contributed by atoms with Gasteiger partial charge in [0, 0.05) is 37.9 Å². The summed E-state index contributed by atoms with van der Waals surface area (Å²) < 4.78 is 5.97. The first-order valence-electron chi connectivity index (χ1n) is 8.88. The number of fused-ring (bicyclic) bond motifs is 1. The van der Waals surface area contributed by atoms with E-state index in [9.17, 15) is 10.1 Å². The maximum atomic E-state index is 11.5. The highest BCUT2D eigenvalue weighted by molar-refractivity contribution is 5.62. The van der Waals surface area contributed by atoms with E-state index in [1.54, 1.807) is 19.2 Å². The molecule has 7 nitrogen and oxygen atoms in total. The molecule has 3 heterocycles. The van der Waals surface area contributed by atoms with Gasteiger partial charge in [0.2, 0.25) is 5.82 Å². The molecule has 0 bridgehead atoms. The van der Waals surface area contributed by atoms with Gasteiger partial charge in [0.25, 0.3) is 0 Å². The van der Waals surface area contributed by atoms with E-state index in [2.05, 4.69) is 22.0 Å². The van der Waals surface area contributed by atoms with Crippen molar-refractivity contribution in [2.75, 3.05) is 31.1 Å². The average molecular weight is 354 g/mol. The van der Waals surface area contributed by atoms with Crippen LogP contribution in [0.1, 0.15) is 11.1 Å². The van der Waals surface area contributed by atoms with Crippen molar-refractivity contribution >= 4 is 11.5 Å². The van der Waals surface area contributed by atoms with E-state index in [0.717, 1.165) is 13.1 Å². The summed E-state index contributed by atoms with van der Waals surface area (Å²) in [4.78, 5) is 19.9. The Bertz CT molecular complexity index is 799. The van der Waals surface area contributed by atoms with Crippen molar-refractivity contribution in [1.82, 2.24) is 9.88 Å². The number of hydrogen-bond acceptors (Lipinski definition) is 6. The first-order chi connectivity index (χ1) is 12.6. The lowest BCUT2D eigenvalue weighted by atomic mass is 10.1. The van der Waals surface area contributed by atoms with Crippen molar-refractivity contribution in [3.63, 3.8) is 0 Å². The quantitative estimate of drug-likeness (QED) is 0.620. The number of benzene rings is 1. The minimum Gasteiger partial charge on any atom is -0.373 e. The molecule has 2 aromatic rings. The molecule has 0 aliphatic carbocycles. The Morgan fingerprint density at radius 2 is 2.08 bits per heavy atom. The first kappa shape index (κ1) is 16.9. The molecule has 26 heavy (non-hydrogen) atoms. The highest BCUT2D eigenvalue weighted by Gasteiger charge is 2.42. The van der Waals surface area contributed by atoms with Gasteiger partial charge in [-0.2, -0.15) is 0 Å². The van der Waals surface area contributed by atoms with Gasteiger partial charge in [0.15, 0.2) is 0 Å². The summed E-state index contributed by atoms with van der Waals surface area (Å²) in [7, 11) is 0. The van der Waals surface area contributed by atoms with Crippen LogP contribution in [0.25, 0.3) is 0 Å². The second kappa shape index (κ2) is 7.01. The molecule has 2 saturated heterocycles. The van der Waals surface area contributed by atoms with Crippen molar-refractivity contribution in [2.24, 2.45) is 0 Å². The van der Waals surface area contributed by atoms with E-state index in [1.807, 2.05) is 23.1 Å². The van der Waals surface area contributed by atoms with Crippen LogP contribution in [0.5, 0.6) is 0 Å². The molecular formula is C19H22N4O3. The normalized spacial score (nSPS) is 23.0. The molecule has 4 rings (SSSR count). The predicted octanol–water partition coefficient (Wildman–Crippen LogP) is 2.39. The summed E-state index contributed by atoms with van der Waals surface area (Å²) in [6.07, 6.45) is 1.69. The highest BCUT2D eigenvalue weighted by Crippen LogP contribution is 2.34. The third-order valence-electron chi connectivity index (χ3n) is 5.23. The van der Waals surface area contributed by atoms with Crippen LogP contribution in [-0.2, 0) is 11.3 Å². The molecule has 1 aromatic carbocycles. The van der Waals surface area contributed by atoms with Gasteiger partial charge in [-0.25, -0.2) is 4.98 Å². The molecule has 0 N–H and O–H groups in total. The summed E-state index contributed by atoms with van der Waals surface area (Å²) in [6.45, 7) is 5.49. The molecule has 7 heteroatoms. The lowest BCUT2D eigenvalue weighted by Gasteiger charge is -2.36. The van der Waals surface area contributed by atoms with Gasteiger partial charge in [-0.3, -0.25) is 15.0 Å². The summed E-state index contributed by atoms with van der Waals surface area (Å²) in [6, 6.07) is 12.3. The molecule has 2 unspecified atom stereocenters. The number of morpholine rings is 1. The summed E-state index contributed by atoms with van der Waals surface area (Å²) in [5, 5.41) is 11.5. The Hall–Kier alpha value is -2.51. The van der Waals surface area contributed by atoms with Gasteiger partial charge in [0.05, 0.1) is 23.7 Å². The first-order valence-corrected chi connectivity index (χ1v) is 8.88. The molecule has 0 spiro atoms. The van der Waals surface area contributed by atoms with Crippen LogP contribution >= 0.6 is 0 Å². The molecule has 0 saturated carbocycles. The van der Waals surface area contributed by atoms with Crippen molar-refractivity contribution in [2.45, 2.75) is 25.6 Å². The number of hydrogen-bond donors (Lipinski definition) is 0. The van der Waals surface area contributed by atoms with Gasteiger partial charge in [0.1, 0.15) is 0 Å². The fraction of sp³-hybridized carbons (Fsp3) is 0.421. The Kier molecular flexibility index (Phi) is 4.57. The van der Waals surface area contributed by atoms with E-state index in [1.165, 1.54) is 5.56 Å². The molecule has 2 aliphatic rings. The number of nitro groups is 1. The molecule has 136 valence electrons. The zero-order chi connectivity index (χ0) is 18.1. The van der Waals surface area contributed by atoms with Crippen LogP contribution in [0.2, 0.25) is 0 Å². The van der Waals surface area contributed by atoms with Crippen LogP contribution in [0.3, 0.4) is 0 Å². The highest BCUT2D eigenvalue weighted by atomic mass is 16.6. The fourth-order valence-electron chi connectivity index (χ4n) is 3.94. The topological polar surface area (TPSA) is 71.7 Å². The number of rotatable bonds is 4. The third kappa shape index (κ3) is 3.15. The second-order valence-corrected chi connectivity index (χ2v) is 6.89. The number of nitrogens with zero attached hydrogens (tertiary/aromatic N) is 4. The molecular weight excluding hydrogens is 332 g/mol. The summed E-state index contributed by atoms with van der Waals surface area (Å²) in [5.74, 6) is 0.452. The van der Waals surface area contributed by atoms with Crippen LogP contribution in [0.15, 0.2) is 42.6 Å². The maximum Gasteiger partial charge on any atom is 0.314 e. The van der Waals surface area contributed by atoms with Crippen LogP contribution in [0.4, 0.5) is 11.5 Å². The molecule has 1 aromatic heterocycles. The number of aromatic nitrogens is 1. The number of pyridine rings is 1. The fourth-order valence-corrected chi connectivity index (χ4v) is 3.94. The average Bonchev–Trinajstić information content (AvgIpc) is 3.07. The minimum absolute atomic E-state index is 0.0504. The van der Waals surface area contributed by atoms with Crippen LogP contribution in [0, 0.1) is 17.0 Å². The Labute approximate surface area is 152 Å². The zero-order valence-electron chi connectivity index (χ0n) is 14.7. The smallest absolute Gasteiger partial charge is 0.314 e. The van der Waals surface area contributed by atoms with Gasteiger partial charge >= 0.3 is 5.69 Å². The van der Waals surface area contributed by atoms with Crippen LogP contribution < -0.4 is 4.90 Å². The van der Waals surface area contributed by atoms with Gasteiger partial charge in [-0.15, -0.1) is 0 Å². The molecule has 2 aliphatic heterocycles. The third-order valence-corrected chi connectivity index (χ3v) is 5.23. The Morgan fingerprint density at radius 3 is 2.85 bits per heavy atom. The van der Waals surface area contributed by atoms with Gasteiger partial charge in [-0.05, 0) is 18.6 Å². The van der Waals surface area contributed by atoms with Crippen molar-refractivity contribution in [1.29, 1.82) is 0 Å². The van der Waals surface area contributed by atoms with E-state index in [-0.39, 0.29) is 22.8 Å². The van der Waals surface area contributed by atoms with Crippen LogP contribution in [-0.4, -0.2) is 53.2 Å². The number of aryl methyl sites for hydroxylation is 1. The second-order valence-electron chi connectivity index (χ2n) is 6.89. The molecule has 2 fully saturated rings. The lowest BCUT2D eigenvalue weighted by Crippen LogP contribution is -2.50. The minimum atomic E-state index is -0.331. The molecule has 0 amide bonds. The van der Waals surface area contributed by atoms with E-state index < -0.39 is 0 Å². The summed E-state index contributed by atoms with van der Waals surface area (Å²) >= 11 is 0. The van der Waals surface area contributed by atoms with E-state index >= 15 is 0 Å². The lowest BCUT2D eigenvalue weighted by molar-refractivity contribution is -0.384. The van der Waals surface area contributed by atoms with Crippen molar-refractivity contribution in [3.8, 4) is 0 Å². The van der Waals surface area contributed by atoms with Gasteiger partial charge in [-0.1, -0.05) is 30.3 Å². The van der Waals surface area contributed by atoms with Crippen molar-refractivity contribution in [3.05, 3.63) is 63.8 Å². The largest absolute Gasteiger partial charge is 0.373 e. The Balaban J connectivity index is 1.57. The van der Waals surface area contributed by atoms with Crippen molar-refractivity contribution < 1.29 is 9.66 Å². The van der Waals surface area contributed by atoms with Gasteiger partial charge < -0.3 is 9.64 Å². The molecule has 2 atom stereocenters. The number of ether oxygens (including phenoxy) is 1. The Morgan fingerprint density at radius 1 is 1.27 bits per heavy atom. The SMILES string of the molecule is Cc1ccnc(N2CC3OCCN(Cc4ccccc4)C3C2)c1[N+](=O)[O-]. The molecule has 0 radical (unpaired) electrons. The monoisotopic (exact) mass is 354 g/mol. The standard InChI is InChI=1S/C19H22N4O3/c1-14-7-8-20-19(18(14)23(24)25)22-12-16-17(13-22)26-10-9-21(16)11-15-5-3-2-4-6-15/h2-8,16-17H,9-13H2,1H3. The number of anilines is 1. The predicted molar refractivity (Wildman–Crippen MR) is 98.2 cm³/mol.